The van der Waals surface area contributed by atoms with Gasteiger partial charge in [-0.3, -0.25) is 0 Å². The fourth-order valence-electron chi connectivity index (χ4n) is 2.51. The molecule has 2 aliphatic rings. The minimum atomic E-state index is -0.0305. The number of benzene rings is 1. The van der Waals surface area contributed by atoms with Gasteiger partial charge in [0.25, 0.3) is 0 Å². The van der Waals surface area contributed by atoms with Gasteiger partial charge in [0.1, 0.15) is 0 Å². The fourth-order valence-corrected chi connectivity index (χ4v) is 3.70. The predicted octanol–water partition coefficient (Wildman–Crippen LogP) is 2.19. The Labute approximate surface area is 100 Å². The zero-order chi connectivity index (χ0) is 11.0. The van der Waals surface area contributed by atoms with E-state index < -0.39 is 0 Å². The monoisotopic (exact) mass is 235 g/mol. The van der Waals surface area contributed by atoms with Crippen LogP contribution < -0.4 is 5.32 Å². The van der Waals surface area contributed by atoms with Crippen LogP contribution in [0, 0.1) is 5.92 Å². The molecule has 0 spiro atoms. The van der Waals surface area contributed by atoms with Crippen molar-refractivity contribution in [2.45, 2.75) is 29.9 Å². The Morgan fingerprint density at radius 2 is 2.12 bits per heavy atom. The lowest BCUT2D eigenvalue weighted by molar-refractivity contribution is 0.0421. The number of nitrogens with one attached hydrogen (secondary N) is 1. The van der Waals surface area contributed by atoms with Gasteiger partial charge in [-0.05, 0) is 36.9 Å². The van der Waals surface area contributed by atoms with Crippen molar-refractivity contribution in [1.82, 2.24) is 5.32 Å². The smallest absolute Gasteiger partial charge is 0.0546 e. The third-order valence-electron chi connectivity index (χ3n) is 3.56. The lowest BCUT2D eigenvalue weighted by atomic mass is 9.82. The first kappa shape index (κ1) is 10.6. The van der Waals surface area contributed by atoms with Crippen LogP contribution in [-0.2, 0) is 0 Å². The van der Waals surface area contributed by atoms with E-state index in [0.717, 1.165) is 25.1 Å². The van der Waals surface area contributed by atoms with E-state index in [1.807, 2.05) is 11.8 Å². The summed E-state index contributed by atoms with van der Waals surface area (Å²) in [5, 5.41) is 12.9. The zero-order valence-electron chi connectivity index (χ0n) is 9.23. The maximum absolute atomic E-state index is 9.24. The third kappa shape index (κ3) is 1.99. The molecule has 1 aromatic carbocycles. The minimum Gasteiger partial charge on any atom is -0.393 e. The van der Waals surface area contributed by atoms with Crippen LogP contribution in [0.2, 0.25) is 0 Å². The number of fused-ring (bicyclic) bond motifs is 1. The van der Waals surface area contributed by atoms with E-state index >= 15 is 0 Å². The summed E-state index contributed by atoms with van der Waals surface area (Å²) in [6, 6.07) is 9.17. The van der Waals surface area contributed by atoms with Crippen LogP contribution in [0.1, 0.15) is 24.4 Å². The van der Waals surface area contributed by atoms with Gasteiger partial charge < -0.3 is 10.4 Å². The number of thioether (sulfide) groups is 1. The largest absolute Gasteiger partial charge is 0.393 e. The van der Waals surface area contributed by atoms with Crippen LogP contribution in [0.5, 0.6) is 0 Å². The average molecular weight is 235 g/mol. The first-order valence-corrected chi connectivity index (χ1v) is 6.94. The molecule has 1 heterocycles. The van der Waals surface area contributed by atoms with Crippen LogP contribution in [-0.4, -0.2) is 23.5 Å². The van der Waals surface area contributed by atoms with Gasteiger partial charge in [0.05, 0.1) is 6.10 Å². The van der Waals surface area contributed by atoms with Gasteiger partial charge in [0, 0.05) is 16.7 Å². The summed E-state index contributed by atoms with van der Waals surface area (Å²) in [5.41, 5.74) is 1.45. The van der Waals surface area contributed by atoms with E-state index in [0.29, 0.717) is 12.0 Å². The molecule has 86 valence electrons. The lowest BCUT2D eigenvalue weighted by Gasteiger charge is -2.32. The molecule has 0 bridgehead atoms. The minimum absolute atomic E-state index is 0.0305. The van der Waals surface area contributed by atoms with Crippen LogP contribution >= 0.6 is 11.8 Å². The second-order valence-electron chi connectivity index (χ2n) is 4.80. The Balaban J connectivity index is 1.57. The molecule has 0 amide bonds. The summed E-state index contributed by atoms with van der Waals surface area (Å²) in [7, 11) is 0. The summed E-state index contributed by atoms with van der Waals surface area (Å²) in [6.45, 7) is 1.05. The lowest BCUT2D eigenvalue weighted by Crippen LogP contribution is -2.37. The normalized spacial score (nSPS) is 32.2. The van der Waals surface area contributed by atoms with Crippen LogP contribution in [0.3, 0.4) is 0 Å². The summed E-state index contributed by atoms with van der Waals surface area (Å²) in [5.74, 6) is 1.84. The molecule has 1 saturated carbocycles. The second kappa shape index (κ2) is 4.40. The van der Waals surface area contributed by atoms with Gasteiger partial charge in [-0.1, -0.05) is 18.2 Å². The molecule has 0 saturated heterocycles. The topological polar surface area (TPSA) is 32.3 Å². The zero-order valence-corrected chi connectivity index (χ0v) is 10.0. The van der Waals surface area contributed by atoms with Crippen molar-refractivity contribution in [2.75, 3.05) is 12.3 Å². The highest BCUT2D eigenvalue weighted by Crippen LogP contribution is 2.38. The Hall–Kier alpha value is -0.510. The average Bonchev–Trinajstić information content (AvgIpc) is 2.66. The molecule has 1 aliphatic heterocycles. The summed E-state index contributed by atoms with van der Waals surface area (Å²) in [4.78, 5) is 1.42. The van der Waals surface area contributed by atoms with Gasteiger partial charge >= 0.3 is 0 Å². The molecular weight excluding hydrogens is 218 g/mol. The molecule has 3 rings (SSSR count). The highest BCUT2D eigenvalue weighted by atomic mass is 32.2. The summed E-state index contributed by atoms with van der Waals surface area (Å²) in [6.07, 6.45) is 1.93. The molecule has 1 fully saturated rings. The van der Waals surface area contributed by atoms with Gasteiger partial charge in [-0.2, -0.15) is 0 Å². The van der Waals surface area contributed by atoms with Gasteiger partial charge in [-0.15, -0.1) is 11.8 Å². The molecule has 3 heteroatoms. The molecule has 0 radical (unpaired) electrons. The van der Waals surface area contributed by atoms with Gasteiger partial charge in [0.2, 0.25) is 0 Å². The molecule has 2 N–H and O–H groups in total. The number of hydrogen-bond donors (Lipinski definition) is 2. The van der Waals surface area contributed by atoms with Gasteiger partial charge in [0.15, 0.2) is 0 Å². The van der Waals surface area contributed by atoms with E-state index in [4.69, 9.17) is 0 Å². The van der Waals surface area contributed by atoms with E-state index in [1.165, 1.54) is 10.5 Å². The van der Waals surface area contributed by atoms with E-state index in [2.05, 4.69) is 29.6 Å². The quantitative estimate of drug-likeness (QED) is 0.842. The highest BCUT2D eigenvalue weighted by molar-refractivity contribution is 7.99. The maximum atomic E-state index is 9.24. The Morgan fingerprint density at radius 3 is 2.94 bits per heavy atom. The number of rotatable bonds is 3. The van der Waals surface area contributed by atoms with E-state index in [-0.39, 0.29) is 6.10 Å². The Bertz CT molecular complexity index is 376. The summed E-state index contributed by atoms with van der Waals surface area (Å²) >= 11 is 1.94. The molecular formula is C13H17NOS. The first-order valence-electron chi connectivity index (χ1n) is 5.96. The van der Waals surface area contributed by atoms with Crippen molar-refractivity contribution >= 4 is 11.8 Å². The molecule has 2 nitrogen and oxygen atoms in total. The maximum Gasteiger partial charge on any atom is 0.0546 e. The van der Waals surface area contributed by atoms with Crippen molar-refractivity contribution in [3.05, 3.63) is 29.8 Å². The van der Waals surface area contributed by atoms with Crippen molar-refractivity contribution in [2.24, 2.45) is 5.92 Å². The van der Waals surface area contributed by atoms with Crippen molar-refractivity contribution in [3.8, 4) is 0 Å². The van der Waals surface area contributed by atoms with Crippen molar-refractivity contribution in [3.63, 3.8) is 0 Å². The molecule has 0 aromatic heterocycles. The van der Waals surface area contributed by atoms with E-state index in [1.54, 1.807) is 0 Å². The van der Waals surface area contributed by atoms with Crippen LogP contribution in [0.4, 0.5) is 0 Å². The number of hydrogen-bond acceptors (Lipinski definition) is 3. The molecule has 16 heavy (non-hydrogen) atoms. The van der Waals surface area contributed by atoms with Crippen LogP contribution in [0.15, 0.2) is 29.2 Å². The number of aliphatic hydroxyl groups excluding tert-OH is 1. The standard InChI is InChI=1S/C13H17NOS/c15-10-5-9(6-10)7-14-12-8-16-13-4-2-1-3-11(12)13/h1-4,9-10,12,14-15H,5-8H2. The van der Waals surface area contributed by atoms with Crippen LogP contribution in [0.25, 0.3) is 0 Å². The molecule has 1 atom stereocenters. The Kier molecular flexibility index (Phi) is 2.92. The Morgan fingerprint density at radius 1 is 1.31 bits per heavy atom. The van der Waals surface area contributed by atoms with Crippen molar-refractivity contribution in [1.29, 1.82) is 0 Å². The second-order valence-corrected chi connectivity index (χ2v) is 5.86. The number of aliphatic hydroxyl groups is 1. The SMILES string of the molecule is OC1CC(CNC2CSc3ccccc32)C1. The third-order valence-corrected chi connectivity index (χ3v) is 4.75. The van der Waals surface area contributed by atoms with Crippen molar-refractivity contribution < 1.29 is 5.11 Å². The predicted molar refractivity (Wildman–Crippen MR) is 66.6 cm³/mol. The van der Waals surface area contributed by atoms with Gasteiger partial charge in [-0.25, -0.2) is 0 Å². The fraction of sp³-hybridized carbons (Fsp3) is 0.538. The molecule has 1 aromatic rings. The molecule has 1 aliphatic carbocycles. The molecule has 1 unspecified atom stereocenters. The highest BCUT2D eigenvalue weighted by Gasteiger charge is 2.29. The van der Waals surface area contributed by atoms with E-state index in [9.17, 15) is 5.11 Å². The summed E-state index contributed by atoms with van der Waals surface area (Å²) < 4.78 is 0. The first-order chi connectivity index (χ1) is 7.83.